The molecule has 1 fully saturated rings. The van der Waals surface area contributed by atoms with E-state index in [1.807, 2.05) is 27.7 Å². The zero-order valence-corrected chi connectivity index (χ0v) is 11.4. The summed E-state index contributed by atoms with van der Waals surface area (Å²) in [4.78, 5) is 11.9. The average Bonchev–Trinajstić information content (AvgIpc) is 2.32. The van der Waals surface area contributed by atoms with Crippen molar-refractivity contribution >= 4 is 5.91 Å². The zero-order valence-electron chi connectivity index (χ0n) is 11.4. The van der Waals surface area contributed by atoms with Gasteiger partial charge in [0.05, 0.1) is 17.8 Å². The molecule has 0 radical (unpaired) electrons. The topological polar surface area (TPSA) is 73.6 Å². The van der Waals surface area contributed by atoms with Crippen molar-refractivity contribution in [1.82, 2.24) is 5.32 Å². The van der Waals surface area contributed by atoms with E-state index >= 15 is 0 Å². The Morgan fingerprint density at radius 1 is 1.41 bits per heavy atom. The second-order valence-electron chi connectivity index (χ2n) is 5.74. The third-order valence-electron chi connectivity index (χ3n) is 3.40. The maximum absolute atomic E-state index is 11.9. The minimum absolute atomic E-state index is 0.362. The van der Waals surface area contributed by atoms with Gasteiger partial charge < -0.3 is 15.2 Å². The van der Waals surface area contributed by atoms with Gasteiger partial charge in [-0.15, -0.1) is 0 Å². The van der Waals surface area contributed by atoms with E-state index in [1.165, 1.54) is 0 Å². The largest absolute Gasteiger partial charge is 0.383 e. The van der Waals surface area contributed by atoms with Crippen molar-refractivity contribution in [3.8, 4) is 0 Å². The van der Waals surface area contributed by atoms with Crippen LogP contribution in [0.2, 0.25) is 0 Å². The van der Waals surface area contributed by atoms with Crippen LogP contribution >= 0.6 is 0 Å². The Labute approximate surface area is 103 Å². The highest BCUT2D eigenvalue weighted by atomic mass is 16.5. The fourth-order valence-electron chi connectivity index (χ4n) is 2.78. The molecule has 1 unspecified atom stereocenters. The van der Waals surface area contributed by atoms with Crippen molar-refractivity contribution in [3.63, 3.8) is 0 Å². The Morgan fingerprint density at radius 3 is 2.35 bits per heavy atom. The number of hydrogen-bond donors (Lipinski definition) is 2. The van der Waals surface area contributed by atoms with Crippen LogP contribution < -0.4 is 11.1 Å². The number of amides is 1. The average molecular weight is 244 g/mol. The second kappa shape index (κ2) is 4.55. The minimum Gasteiger partial charge on any atom is -0.383 e. The number of nitrogens with two attached hydrogens (primary N) is 1. The summed E-state index contributed by atoms with van der Waals surface area (Å²) in [5, 5.41) is 3.22. The lowest BCUT2D eigenvalue weighted by atomic mass is 9.78. The summed E-state index contributed by atoms with van der Waals surface area (Å²) < 4.78 is 10.9. The number of hydrogen-bond acceptors (Lipinski definition) is 4. The number of methoxy groups -OCH3 is 1. The molecule has 1 amide bonds. The molecule has 0 aromatic heterocycles. The van der Waals surface area contributed by atoms with Crippen LogP contribution in [0, 0.1) is 0 Å². The quantitative estimate of drug-likeness (QED) is 0.688. The van der Waals surface area contributed by atoms with E-state index < -0.39 is 11.1 Å². The van der Waals surface area contributed by atoms with E-state index in [2.05, 4.69) is 5.32 Å². The molecule has 100 valence electrons. The van der Waals surface area contributed by atoms with Gasteiger partial charge in [0.15, 0.2) is 0 Å². The minimum atomic E-state index is -0.838. The lowest BCUT2D eigenvalue weighted by Crippen LogP contribution is -2.65. The van der Waals surface area contributed by atoms with Gasteiger partial charge in [-0.05, 0) is 27.7 Å². The molecule has 0 bridgehead atoms. The van der Waals surface area contributed by atoms with Gasteiger partial charge in [-0.2, -0.15) is 0 Å². The lowest BCUT2D eigenvalue weighted by Gasteiger charge is -2.37. The highest BCUT2D eigenvalue weighted by Gasteiger charge is 2.60. The van der Waals surface area contributed by atoms with Crippen LogP contribution in [0.1, 0.15) is 34.1 Å². The molecule has 0 aliphatic carbocycles. The molecule has 1 aliphatic rings. The maximum Gasteiger partial charge on any atom is 0.240 e. The smallest absolute Gasteiger partial charge is 0.240 e. The molecule has 1 heterocycles. The first-order valence-corrected chi connectivity index (χ1v) is 5.91. The predicted molar refractivity (Wildman–Crippen MR) is 65.7 cm³/mol. The highest BCUT2D eigenvalue weighted by molar-refractivity contribution is 5.87. The van der Waals surface area contributed by atoms with Crippen LogP contribution in [0.5, 0.6) is 0 Å². The molecule has 0 saturated carbocycles. The molecule has 17 heavy (non-hydrogen) atoms. The van der Waals surface area contributed by atoms with Crippen LogP contribution in [-0.2, 0) is 14.3 Å². The molecule has 0 spiro atoms. The Balaban J connectivity index is 2.95. The van der Waals surface area contributed by atoms with Crippen molar-refractivity contribution < 1.29 is 14.3 Å². The summed E-state index contributed by atoms with van der Waals surface area (Å²) in [7, 11) is 1.62. The van der Waals surface area contributed by atoms with E-state index in [1.54, 1.807) is 7.11 Å². The molecule has 0 aromatic rings. The number of carbonyl (C=O) groups excluding carboxylic acids is 1. The standard InChI is InChI=1S/C12H24N2O3/c1-10(2)8-12(9(13)15,11(3,4)17-10)14-6-7-16-5/h14H,6-8H2,1-5H3,(H2,13,15). The third kappa shape index (κ3) is 2.61. The summed E-state index contributed by atoms with van der Waals surface area (Å²) in [5.74, 6) is -0.371. The molecule has 5 nitrogen and oxygen atoms in total. The molecule has 1 saturated heterocycles. The fraction of sp³-hybridized carbons (Fsp3) is 0.917. The lowest BCUT2D eigenvalue weighted by molar-refractivity contribution is -0.133. The summed E-state index contributed by atoms with van der Waals surface area (Å²) in [6.07, 6.45) is 0.562. The Bertz CT molecular complexity index is 302. The van der Waals surface area contributed by atoms with Crippen LogP contribution in [0.3, 0.4) is 0 Å². The van der Waals surface area contributed by atoms with Crippen molar-refractivity contribution in [3.05, 3.63) is 0 Å². The highest BCUT2D eigenvalue weighted by Crippen LogP contribution is 2.44. The van der Waals surface area contributed by atoms with Crippen molar-refractivity contribution in [2.75, 3.05) is 20.3 Å². The van der Waals surface area contributed by atoms with E-state index in [9.17, 15) is 4.79 Å². The molecule has 1 rings (SSSR count). The zero-order chi connectivity index (χ0) is 13.3. The Kier molecular flexibility index (Phi) is 3.86. The second-order valence-corrected chi connectivity index (χ2v) is 5.74. The van der Waals surface area contributed by atoms with Gasteiger partial charge in [-0.25, -0.2) is 0 Å². The van der Waals surface area contributed by atoms with Gasteiger partial charge in [-0.3, -0.25) is 10.1 Å². The third-order valence-corrected chi connectivity index (χ3v) is 3.40. The van der Waals surface area contributed by atoms with Gasteiger partial charge in [0, 0.05) is 20.1 Å². The fourth-order valence-corrected chi connectivity index (χ4v) is 2.78. The van der Waals surface area contributed by atoms with Crippen LogP contribution in [0.4, 0.5) is 0 Å². The first-order chi connectivity index (χ1) is 7.67. The number of nitrogens with one attached hydrogen (secondary N) is 1. The first-order valence-electron chi connectivity index (χ1n) is 5.91. The Morgan fingerprint density at radius 2 is 2.00 bits per heavy atom. The monoisotopic (exact) mass is 244 g/mol. The number of ether oxygens (including phenoxy) is 2. The maximum atomic E-state index is 11.9. The normalized spacial score (nSPS) is 30.4. The molecule has 5 heteroatoms. The molecular weight excluding hydrogens is 220 g/mol. The summed E-state index contributed by atoms with van der Waals surface area (Å²) in [6.45, 7) is 8.83. The summed E-state index contributed by atoms with van der Waals surface area (Å²) in [5.41, 5.74) is 3.76. The molecule has 0 aromatic carbocycles. The SMILES string of the molecule is COCCNC1(C(N)=O)CC(C)(C)OC1(C)C. The molecule has 1 atom stereocenters. The Hall–Kier alpha value is -0.650. The number of primary amides is 1. The van der Waals surface area contributed by atoms with Gasteiger partial charge >= 0.3 is 0 Å². The summed E-state index contributed by atoms with van der Waals surface area (Å²) >= 11 is 0. The van der Waals surface area contributed by atoms with Crippen LogP contribution in [0.15, 0.2) is 0 Å². The number of rotatable bonds is 5. The van der Waals surface area contributed by atoms with E-state index in [4.69, 9.17) is 15.2 Å². The predicted octanol–water partition coefficient (Wildman–Crippen LogP) is 0.424. The van der Waals surface area contributed by atoms with Crippen LogP contribution in [-0.4, -0.2) is 42.9 Å². The van der Waals surface area contributed by atoms with E-state index in [0.717, 1.165) is 0 Å². The first kappa shape index (κ1) is 14.4. The van der Waals surface area contributed by atoms with Gasteiger partial charge in [0.1, 0.15) is 5.54 Å². The molecule has 3 N–H and O–H groups in total. The van der Waals surface area contributed by atoms with Gasteiger partial charge in [0.25, 0.3) is 0 Å². The van der Waals surface area contributed by atoms with Gasteiger partial charge in [-0.1, -0.05) is 0 Å². The molecule has 1 aliphatic heterocycles. The van der Waals surface area contributed by atoms with Crippen molar-refractivity contribution in [1.29, 1.82) is 0 Å². The van der Waals surface area contributed by atoms with Crippen molar-refractivity contribution in [2.45, 2.75) is 50.9 Å². The van der Waals surface area contributed by atoms with Gasteiger partial charge in [0.2, 0.25) is 5.91 Å². The molecular formula is C12H24N2O3. The van der Waals surface area contributed by atoms with E-state index in [-0.39, 0.29) is 11.5 Å². The van der Waals surface area contributed by atoms with E-state index in [0.29, 0.717) is 19.6 Å². The van der Waals surface area contributed by atoms with Crippen molar-refractivity contribution in [2.24, 2.45) is 5.73 Å². The van der Waals surface area contributed by atoms with Crippen LogP contribution in [0.25, 0.3) is 0 Å². The number of carbonyl (C=O) groups is 1. The summed E-state index contributed by atoms with van der Waals surface area (Å²) in [6, 6.07) is 0.